The second kappa shape index (κ2) is 5.76. The molecule has 1 amide bonds. The number of fused-ring (bicyclic) bond motifs is 1. The van der Waals surface area contributed by atoms with Gasteiger partial charge in [-0.3, -0.25) is 4.79 Å². The number of anilines is 1. The van der Waals surface area contributed by atoms with Gasteiger partial charge in [-0.05, 0) is 25.0 Å². The number of rotatable bonds is 3. The molecule has 2 aliphatic rings. The number of nitrogens with one attached hydrogen (secondary N) is 1. The minimum atomic E-state index is -2.95. The Bertz CT molecular complexity index is 636. The van der Waals surface area contributed by atoms with Crippen molar-refractivity contribution in [3.05, 3.63) is 28.8 Å². The molecule has 0 aliphatic carbocycles. The van der Waals surface area contributed by atoms with Crippen LogP contribution >= 0.6 is 11.6 Å². The summed E-state index contributed by atoms with van der Waals surface area (Å²) in [4.78, 5) is 14.0. The first kappa shape index (κ1) is 15.1. The smallest absolute Gasteiger partial charge is 0.387 e. The van der Waals surface area contributed by atoms with Crippen LogP contribution in [0.5, 0.6) is 5.75 Å². The molecule has 0 spiro atoms. The highest BCUT2D eigenvalue weighted by atomic mass is 35.5. The zero-order chi connectivity index (χ0) is 15.9. The van der Waals surface area contributed by atoms with Gasteiger partial charge in [-0.2, -0.15) is 8.78 Å². The molecule has 1 aromatic carbocycles. The number of benzene rings is 1. The Morgan fingerprint density at radius 3 is 2.86 bits per heavy atom. The monoisotopic (exact) mass is 328 g/mol. The summed E-state index contributed by atoms with van der Waals surface area (Å²) in [5.74, 6) is -0.137. The minimum Gasteiger partial charge on any atom is -0.433 e. The van der Waals surface area contributed by atoms with Crippen LogP contribution in [0.1, 0.15) is 18.9 Å². The van der Waals surface area contributed by atoms with Crippen molar-refractivity contribution in [2.75, 3.05) is 11.4 Å². The average Bonchev–Trinajstić information content (AvgIpc) is 2.77. The summed E-state index contributed by atoms with van der Waals surface area (Å²) in [5, 5.41) is 2.99. The van der Waals surface area contributed by atoms with Gasteiger partial charge in [0.15, 0.2) is 0 Å². The van der Waals surface area contributed by atoms with Crippen molar-refractivity contribution in [3.8, 4) is 5.75 Å². The van der Waals surface area contributed by atoms with E-state index in [1.54, 1.807) is 6.07 Å². The molecular formula is C15H15ClF2N2O2. The van der Waals surface area contributed by atoms with Crippen molar-refractivity contribution in [2.24, 2.45) is 0 Å². The van der Waals surface area contributed by atoms with E-state index in [1.807, 2.05) is 24.0 Å². The van der Waals surface area contributed by atoms with Crippen molar-refractivity contribution in [2.45, 2.75) is 32.0 Å². The van der Waals surface area contributed by atoms with E-state index in [0.29, 0.717) is 18.7 Å². The number of carbonyl (C=O) groups is 1. The third kappa shape index (κ3) is 2.75. The fraction of sp³-hybridized carbons (Fsp3) is 0.400. The van der Waals surface area contributed by atoms with E-state index >= 15 is 0 Å². The number of hydrogen-bond acceptors (Lipinski definition) is 3. The summed E-state index contributed by atoms with van der Waals surface area (Å²) in [6.07, 6.45) is 4.45. The average molecular weight is 329 g/mol. The lowest BCUT2D eigenvalue weighted by Gasteiger charge is -2.32. The van der Waals surface area contributed by atoms with Crippen LogP contribution in [-0.4, -0.2) is 31.1 Å². The van der Waals surface area contributed by atoms with Gasteiger partial charge in [0.1, 0.15) is 11.8 Å². The molecule has 1 aromatic rings. The van der Waals surface area contributed by atoms with Crippen LogP contribution in [0.2, 0.25) is 5.02 Å². The Balaban J connectivity index is 1.98. The maximum atomic E-state index is 12.5. The van der Waals surface area contributed by atoms with Crippen LogP contribution in [-0.2, 0) is 4.79 Å². The predicted octanol–water partition coefficient (Wildman–Crippen LogP) is 3.05. The molecule has 1 N–H and O–H groups in total. The molecule has 0 aromatic heterocycles. The third-order valence-corrected chi connectivity index (χ3v) is 4.15. The van der Waals surface area contributed by atoms with Gasteiger partial charge in [0, 0.05) is 24.3 Å². The van der Waals surface area contributed by atoms with E-state index in [2.05, 4.69) is 10.1 Å². The van der Waals surface area contributed by atoms with Crippen molar-refractivity contribution < 1.29 is 18.3 Å². The van der Waals surface area contributed by atoms with Gasteiger partial charge in [0.05, 0.1) is 5.02 Å². The van der Waals surface area contributed by atoms with Crippen molar-refractivity contribution >= 4 is 29.3 Å². The molecule has 2 atom stereocenters. The van der Waals surface area contributed by atoms with E-state index in [1.165, 1.54) is 6.07 Å². The standard InChI is InChI=1S/C15H15ClF2N2O2/c1-8-5-12(14(21)19-8)20-4-2-3-9-6-10(16)13(7-11(9)20)22-15(17)18/h2-3,6-8,12,15H,4-5H2,1H3,(H,19,21)/t8?,12-/m0/s1. The normalized spacial score (nSPS) is 23.7. The van der Waals surface area contributed by atoms with E-state index < -0.39 is 6.61 Å². The van der Waals surface area contributed by atoms with E-state index in [-0.39, 0.29) is 28.8 Å². The first-order valence-electron chi connectivity index (χ1n) is 6.97. The van der Waals surface area contributed by atoms with E-state index in [0.717, 1.165) is 5.56 Å². The summed E-state index contributed by atoms with van der Waals surface area (Å²) in [5.41, 5.74) is 1.46. The molecule has 4 nitrogen and oxygen atoms in total. The molecule has 3 rings (SSSR count). The minimum absolute atomic E-state index is 0.0555. The van der Waals surface area contributed by atoms with Crippen LogP contribution in [0.25, 0.3) is 6.08 Å². The maximum Gasteiger partial charge on any atom is 0.387 e. The van der Waals surface area contributed by atoms with E-state index in [9.17, 15) is 13.6 Å². The van der Waals surface area contributed by atoms with Crippen LogP contribution in [0.4, 0.5) is 14.5 Å². The number of hydrogen-bond donors (Lipinski definition) is 1. The first-order valence-corrected chi connectivity index (χ1v) is 7.35. The Kier molecular flexibility index (Phi) is 3.95. The molecule has 22 heavy (non-hydrogen) atoms. The maximum absolute atomic E-state index is 12.5. The molecule has 0 radical (unpaired) electrons. The number of halogens is 3. The molecular weight excluding hydrogens is 314 g/mol. The summed E-state index contributed by atoms with van der Waals surface area (Å²) in [7, 11) is 0. The number of amides is 1. The number of nitrogens with zero attached hydrogens (tertiary/aromatic N) is 1. The highest BCUT2D eigenvalue weighted by Crippen LogP contribution is 2.38. The highest BCUT2D eigenvalue weighted by molar-refractivity contribution is 6.32. The molecule has 1 fully saturated rings. The van der Waals surface area contributed by atoms with Crippen molar-refractivity contribution in [3.63, 3.8) is 0 Å². The predicted molar refractivity (Wildman–Crippen MR) is 80.5 cm³/mol. The van der Waals surface area contributed by atoms with E-state index in [4.69, 9.17) is 11.6 Å². The summed E-state index contributed by atoms with van der Waals surface area (Å²) in [6.45, 7) is -0.475. The second-order valence-electron chi connectivity index (χ2n) is 5.44. The zero-order valence-corrected chi connectivity index (χ0v) is 12.6. The summed E-state index contributed by atoms with van der Waals surface area (Å²) < 4.78 is 29.4. The molecule has 1 saturated heterocycles. The van der Waals surface area contributed by atoms with Gasteiger partial charge in [-0.25, -0.2) is 0 Å². The third-order valence-electron chi connectivity index (χ3n) is 3.85. The Morgan fingerprint density at radius 1 is 1.45 bits per heavy atom. The number of carbonyl (C=O) groups excluding carboxylic acids is 1. The van der Waals surface area contributed by atoms with Gasteiger partial charge in [-0.1, -0.05) is 23.8 Å². The SMILES string of the molecule is CC1C[C@H](N2CC=Cc3cc(Cl)c(OC(F)F)cc32)C(=O)N1. The molecule has 7 heteroatoms. The molecule has 2 heterocycles. The summed E-state index contributed by atoms with van der Waals surface area (Å²) >= 11 is 5.97. The largest absolute Gasteiger partial charge is 0.433 e. The Morgan fingerprint density at radius 2 is 2.23 bits per heavy atom. The molecule has 2 aliphatic heterocycles. The lowest BCUT2D eigenvalue weighted by molar-refractivity contribution is -0.120. The van der Waals surface area contributed by atoms with Crippen molar-refractivity contribution in [1.29, 1.82) is 0 Å². The molecule has 0 bridgehead atoms. The number of alkyl halides is 2. The highest BCUT2D eigenvalue weighted by Gasteiger charge is 2.35. The van der Waals surface area contributed by atoms with Crippen molar-refractivity contribution in [1.82, 2.24) is 5.32 Å². The fourth-order valence-corrected chi connectivity index (χ4v) is 3.14. The lowest BCUT2D eigenvalue weighted by atomic mass is 10.0. The van der Waals surface area contributed by atoms with Crippen LogP contribution in [0.15, 0.2) is 18.2 Å². The van der Waals surface area contributed by atoms with Gasteiger partial charge in [-0.15, -0.1) is 0 Å². The van der Waals surface area contributed by atoms with Crippen LogP contribution in [0.3, 0.4) is 0 Å². The Labute approximate surface area is 131 Å². The Hall–Kier alpha value is -1.82. The molecule has 1 unspecified atom stereocenters. The zero-order valence-electron chi connectivity index (χ0n) is 11.9. The van der Waals surface area contributed by atoms with Gasteiger partial charge >= 0.3 is 6.61 Å². The van der Waals surface area contributed by atoms with Gasteiger partial charge in [0.25, 0.3) is 0 Å². The van der Waals surface area contributed by atoms with Gasteiger partial charge in [0.2, 0.25) is 5.91 Å². The van der Waals surface area contributed by atoms with Crippen LogP contribution in [0, 0.1) is 0 Å². The topological polar surface area (TPSA) is 41.6 Å². The lowest BCUT2D eigenvalue weighted by Crippen LogP contribution is -2.42. The molecule has 0 saturated carbocycles. The number of ether oxygens (including phenoxy) is 1. The molecule has 118 valence electrons. The fourth-order valence-electron chi connectivity index (χ4n) is 2.92. The van der Waals surface area contributed by atoms with Crippen LogP contribution < -0.4 is 15.0 Å². The second-order valence-corrected chi connectivity index (χ2v) is 5.84. The quantitative estimate of drug-likeness (QED) is 0.927. The summed E-state index contributed by atoms with van der Waals surface area (Å²) in [6, 6.07) is 2.83. The first-order chi connectivity index (χ1) is 10.5. The van der Waals surface area contributed by atoms with Gasteiger partial charge < -0.3 is 15.0 Å².